The van der Waals surface area contributed by atoms with Crippen molar-refractivity contribution in [2.24, 2.45) is 0 Å². The van der Waals surface area contributed by atoms with Crippen molar-refractivity contribution in [1.29, 1.82) is 0 Å². The quantitative estimate of drug-likeness (QED) is 0.729. The van der Waals surface area contributed by atoms with Crippen LogP contribution in [0.15, 0.2) is 40.8 Å². The first kappa shape index (κ1) is 15.5. The van der Waals surface area contributed by atoms with Crippen molar-refractivity contribution in [3.63, 3.8) is 0 Å². The number of halogens is 1. The van der Waals surface area contributed by atoms with Crippen molar-refractivity contribution in [3.8, 4) is 0 Å². The molecule has 2 rings (SSSR count). The van der Waals surface area contributed by atoms with Crippen LogP contribution >= 0.6 is 22.6 Å². The normalized spacial score (nSPS) is 12.6. The van der Waals surface area contributed by atoms with Crippen LogP contribution in [0.5, 0.6) is 0 Å². The van der Waals surface area contributed by atoms with Gasteiger partial charge in [0.1, 0.15) is 18.1 Å². The molecule has 0 saturated heterocycles. The Morgan fingerprint density at radius 2 is 2.05 bits per heavy atom. The van der Waals surface area contributed by atoms with E-state index in [4.69, 9.17) is 9.15 Å². The molecule has 1 heterocycles. The molecule has 0 spiro atoms. The third-order valence-corrected chi connectivity index (χ3v) is 4.05. The van der Waals surface area contributed by atoms with Crippen LogP contribution in [0.4, 0.5) is 0 Å². The van der Waals surface area contributed by atoms with Crippen LogP contribution in [0.2, 0.25) is 0 Å². The van der Waals surface area contributed by atoms with Crippen LogP contribution in [0.25, 0.3) is 0 Å². The van der Waals surface area contributed by atoms with E-state index in [0.29, 0.717) is 6.61 Å². The maximum atomic E-state index is 5.90. The average Bonchev–Trinajstić information content (AvgIpc) is 2.90. The minimum atomic E-state index is 0.0913. The highest BCUT2D eigenvalue weighted by Gasteiger charge is 2.19. The summed E-state index contributed by atoms with van der Waals surface area (Å²) < 4.78 is 12.3. The number of ether oxygens (including phenoxy) is 1. The minimum absolute atomic E-state index is 0.0913. The van der Waals surface area contributed by atoms with Gasteiger partial charge in [-0.05, 0) is 59.3 Å². The van der Waals surface area contributed by atoms with Gasteiger partial charge in [-0.1, -0.05) is 25.1 Å². The van der Waals surface area contributed by atoms with Gasteiger partial charge < -0.3 is 14.5 Å². The van der Waals surface area contributed by atoms with E-state index in [2.05, 4.69) is 59.1 Å². The molecule has 20 heavy (non-hydrogen) atoms. The second kappa shape index (κ2) is 7.81. The van der Waals surface area contributed by atoms with Gasteiger partial charge >= 0.3 is 0 Å². The standard InChI is InChI=1S/C16H20INO2/c1-3-10-18-16(13-6-4-5-7-14(13)17)15-9-8-12(20-15)11-19-2/h4-9,16,18H,3,10-11H2,1-2H3. The van der Waals surface area contributed by atoms with E-state index in [0.717, 1.165) is 24.5 Å². The number of rotatable bonds is 7. The summed E-state index contributed by atoms with van der Waals surface area (Å²) >= 11 is 2.37. The van der Waals surface area contributed by atoms with Gasteiger partial charge in [0.25, 0.3) is 0 Å². The lowest BCUT2D eigenvalue weighted by molar-refractivity contribution is 0.162. The molecular formula is C16H20INO2. The van der Waals surface area contributed by atoms with Gasteiger partial charge in [-0.2, -0.15) is 0 Å². The molecule has 0 amide bonds. The molecule has 0 aliphatic heterocycles. The lowest BCUT2D eigenvalue weighted by atomic mass is 10.0. The average molecular weight is 385 g/mol. The second-order valence-electron chi connectivity index (χ2n) is 4.65. The Morgan fingerprint density at radius 3 is 2.75 bits per heavy atom. The molecule has 0 bridgehead atoms. The molecule has 0 fully saturated rings. The highest BCUT2D eigenvalue weighted by molar-refractivity contribution is 14.1. The van der Waals surface area contributed by atoms with E-state index in [9.17, 15) is 0 Å². The molecule has 0 aliphatic rings. The van der Waals surface area contributed by atoms with Gasteiger partial charge in [-0.15, -0.1) is 0 Å². The van der Waals surface area contributed by atoms with Crippen molar-refractivity contribution in [1.82, 2.24) is 5.32 Å². The van der Waals surface area contributed by atoms with Gasteiger partial charge in [0.2, 0.25) is 0 Å². The van der Waals surface area contributed by atoms with Gasteiger partial charge in [0.15, 0.2) is 0 Å². The number of hydrogen-bond acceptors (Lipinski definition) is 3. The zero-order chi connectivity index (χ0) is 14.4. The van der Waals surface area contributed by atoms with Crippen molar-refractivity contribution in [3.05, 3.63) is 57.1 Å². The number of hydrogen-bond donors (Lipinski definition) is 1. The summed E-state index contributed by atoms with van der Waals surface area (Å²) in [4.78, 5) is 0. The van der Waals surface area contributed by atoms with Crippen molar-refractivity contribution >= 4 is 22.6 Å². The van der Waals surface area contributed by atoms with Crippen molar-refractivity contribution in [2.75, 3.05) is 13.7 Å². The van der Waals surface area contributed by atoms with Gasteiger partial charge in [-0.3, -0.25) is 0 Å². The molecule has 1 atom stereocenters. The summed E-state index contributed by atoms with van der Waals surface area (Å²) in [5, 5.41) is 3.56. The molecule has 1 aromatic carbocycles. The molecule has 1 N–H and O–H groups in total. The van der Waals surface area contributed by atoms with Gasteiger partial charge in [0, 0.05) is 10.7 Å². The van der Waals surface area contributed by atoms with E-state index >= 15 is 0 Å². The Labute approximate surface area is 133 Å². The highest BCUT2D eigenvalue weighted by atomic mass is 127. The van der Waals surface area contributed by atoms with Gasteiger partial charge in [0.05, 0.1) is 6.04 Å². The zero-order valence-corrected chi connectivity index (χ0v) is 14.0. The monoisotopic (exact) mass is 385 g/mol. The summed E-state index contributed by atoms with van der Waals surface area (Å²) in [6.45, 7) is 3.63. The predicted octanol–water partition coefficient (Wildman–Crippen LogP) is 4.12. The summed E-state index contributed by atoms with van der Waals surface area (Å²) in [6, 6.07) is 12.5. The Hall–Kier alpha value is -0.850. The Balaban J connectivity index is 2.29. The maximum absolute atomic E-state index is 5.90. The molecule has 4 heteroatoms. The van der Waals surface area contributed by atoms with Crippen LogP contribution in [-0.4, -0.2) is 13.7 Å². The molecule has 108 valence electrons. The maximum Gasteiger partial charge on any atom is 0.129 e. The Morgan fingerprint density at radius 1 is 1.25 bits per heavy atom. The van der Waals surface area contributed by atoms with Crippen LogP contribution < -0.4 is 5.32 Å². The molecular weight excluding hydrogens is 365 g/mol. The Bertz CT molecular complexity index is 539. The summed E-state index contributed by atoms with van der Waals surface area (Å²) in [5.41, 5.74) is 1.25. The van der Waals surface area contributed by atoms with Crippen LogP contribution in [0.3, 0.4) is 0 Å². The highest BCUT2D eigenvalue weighted by Crippen LogP contribution is 2.27. The van der Waals surface area contributed by atoms with E-state index in [1.807, 2.05) is 12.1 Å². The predicted molar refractivity (Wildman–Crippen MR) is 88.7 cm³/mol. The molecule has 2 aromatic rings. The van der Waals surface area contributed by atoms with E-state index in [1.54, 1.807) is 7.11 Å². The third kappa shape index (κ3) is 3.84. The SMILES string of the molecule is CCCNC(c1ccc(COC)o1)c1ccccc1I. The second-order valence-corrected chi connectivity index (χ2v) is 5.81. The number of furan rings is 1. The first-order valence-electron chi connectivity index (χ1n) is 6.81. The number of nitrogens with one attached hydrogen (secondary N) is 1. The number of methoxy groups -OCH3 is 1. The third-order valence-electron chi connectivity index (χ3n) is 3.07. The Kier molecular flexibility index (Phi) is 6.06. The molecule has 3 nitrogen and oxygen atoms in total. The first-order valence-corrected chi connectivity index (χ1v) is 7.89. The molecule has 0 radical (unpaired) electrons. The molecule has 0 saturated carbocycles. The fraction of sp³-hybridized carbons (Fsp3) is 0.375. The van der Waals surface area contributed by atoms with Crippen molar-refractivity contribution in [2.45, 2.75) is 26.0 Å². The lowest BCUT2D eigenvalue weighted by Crippen LogP contribution is -2.23. The minimum Gasteiger partial charge on any atom is -0.462 e. The first-order chi connectivity index (χ1) is 9.76. The summed E-state index contributed by atoms with van der Waals surface area (Å²) in [6.07, 6.45) is 1.09. The fourth-order valence-electron chi connectivity index (χ4n) is 2.13. The van der Waals surface area contributed by atoms with E-state index in [1.165, 1.54) is 9.13 Å². The topological polar surface area (TPSA) is 34.4 Å². The van der Waals surface area contributed by atoms with E-state index in [-0.39, 0.29) is 6.04 Å². The van der Waals surface area contributed by atoms with Crippen LogP contribution in [-0.2, 0) is 11.3 Å². The summed E-state index contributed by atoms with van der Waals surface area (Å²) in [5.74, 6) is 1.80. The van der Waals surface area contributed by atoms with Gasteiger partial charge in [-0.25, -0.2) is 0 Å². The van der Waals surface area contributed by atoms with E-state index < -0.39 is 0 Å². The molecule has 1 aromatic heterocycles. The lowest BCUT2D eigenvalue weighted by Gasteiger charge is -2.18. The summed E-state index contributed by atoms with van der Waals surface area (Å²) in [7, 11) is 1.68. The molecule has 0 aliphatic carbocycles. The van der Waals surface area contributed by atoms with Crippen LogP contribution in [0, 0.1) is 3.57 Å². The fourth-order valence-corrected chi connectivity index (χ4v) is 2.83. The number of benzene rings is 1. The largest absolute Gasteiger partial charge is 0.462 e. The molecule has 1 unspecified atom stereocenters. The zero-order valence-electron chi connectivity index (χ0n) is 11.9. The van der Waals surface area contributed by atoms with Crippen molar-refractivity contribution < 1.29 is 9.15 Å². The van der Waals surface area contributed by atoms with Crippen LogP contribution in [0.1, 0.15) is 36.5 Å². The smallest absolute Gasteiger partial charge is 0.129 e.